The predicted octanol–water partition coefficient (Wildman–Crippen LogP) is 6.69. The number of carbonyl (C=O) groups is 2. The molecule has 2 aliphatic heterocycles. The van der Waals surface area contributed by atoms with Crippen molar-refractivity contribution >= 4 is 17.6 Å². The van der Waals surface area contributed by atoms with Gasteiger partial charge in [0.05, 0.1) is 31.2 Å². The number of nitrogens with zero attached hydrogens (tertiary/aromatic N) is 3. The zero-order valence-corrected chi connectivity index (χ0v) is 31.0. The van der Waals surface area contributed by atoms with Gasteiger partial charge in [-0.1, -0.05) is 13.8 Å². The topological polar surface area (TPSA) is 104 Å². The maximum atomic E-state index is 16.8. The molecule has 0 unspecified atom stereocenters. The van der Waals surface area contributed by atoms with E-state index >= 15 is 8.78 Å². The number of amides is 1. The number of pyridine rings is 1. The fourth-order valence-corrected chi connectivity index (χ4v) is 7.38. The molecule has 2 saturated heterocycles. The van der Waals surface area contributed by atoms with E-state index in [4.69, 9.17) is 4.74 Å². The molecule has 2 aromatic carbocycles. The van der Waals surface area contributed by atoms with Crippen LogP contribution in [0.15, 0.2) is 35.3 Å². The first-order valence-corrected chi connectivity index (χ1v) is 18.0. The lowest BCUT2D eigenvalue weighted by Crippen LogP contribution is -2.49. The molecule has 3 aromatic rings. The number of aromatic nitrogens is 1. The van der Waals surface area contributed by atoms with Gasteiger partial charge in [0.2, 0.25) is 5.91 Å². The van der Waals surface area contributed by atoms with E-state index in [9.17, 15) is 37.1 Å². The zero-order valence-electron chi connectivity index (χ0n) is 31.0. The number of benzene rings is 2. The van der Waals surface area contributed by atoms with Crippen molar-refractivity contribution in [1.29, 1.82) is 0 Å². The summed E-state index contributed by atoms with van der Waals surface area (Å²) in [5.41, 5.74) is -0.593. The van der Waals surface area contributed by atoms with Gasteiger partial charge >= 0.3 is 12.1 Å². The Kier molecular flexibility index (Phi) is 12.5. The summed E-state index contributed by atoms with van der Waals surface area (Å²) in [5, 5.41) is 12.3. The van der Waals surface area contributed by atoms with Crippen molar-refractivity contribution in [2.75, 3.05) is 50.8 Å². The summed E-state index contributed by atoms with van der Waals surface area (Å²) < 4.78 is 94.7. The van der Waals surface area contributed by atoms with Crippen LogP contribution >= 0.6 is 0 Å². The lowest BCUT2D eigenvalue weighted by Gasteiger charge is -2.34. The van der Waals surface area contributed by atoms with Crippen LogP contribution in [0, 0.1) is 38.3 Å². The summed E-state index contributed by atoms with van der Waals surface area (Å²) in [7, 11) is 0. The summed E-state index contributed by atoms with van der Waals surface area (Å²) in [6.45, 7) is 11.0. The summed E-state index contributed by atoms with van der Waals surface area (Å²) in [6.07, 6.45) is -6.24. The Morgan fingerprint density at radius 3 is 2.17 bits per heavy atom. The minimum atomic E-state index is -4.90. The SMILES string of the molecule is Cc1cc(-c2c(C)cc(N3CCOCC3)cc2C)c(F)c([C@H](CC(=O)O)NC(=O)[C@H](CC(C)C)n2cc(CCN3CC(F)C3)c(C(F)(F)F)cc2=O)c1F. The third-order valence-electron chi connectivity index (χ3n) is 10.0. The highest BCUT2D eigenvalue weighted by atomic mass is 19.4. The number of rotatable bonds is 13. The van der Waals surface area contributed by atoms with Crippen LogP contribution in [0.2, 0.25) is 0 Å². The molecule has 1 amide bonds. The van der Waals surface area contributed by atoms with Crippen molar-refractivity contribution in [3.05, 3.63) is 85.8 Å². The van der Waals surface area contributed by atoms with Crippen molar-refractivity contribution in [3.8, 4) is 11.1 Å². The molecule has 54 heavy (non-hydrogen) atoms. The molecule has 0 aliphatic carbocycles. The van der Waals surface area contributed by atoms with Crippen LogP contribution in [0.25, 0.3) is 11.1 Å². The molecule has 1 aromatic heterocycles. The van der Waals surface area contributed by atoms with Gasteiger partial charge < -0.3 is 24.6 Å². The molecule has 9 nitrogen and oxygen atoms in total. The van der Waals surface area contributed by atoms with E-state index in [1.54, 1.807) is 32.6 Å². The lowest BCUT2D eigenvalue weighted by atomic mass is 9.89. The van der Waals surface area contributed by atoms with Gasteiger partial charge in [0, 0.05) is 61.8 Å². The van der Waals surface area contributed by atoms with Crippen LogP contribution < -0.4 is 15.8 Å². The van der Waals surface area contributed by atoms with Gasteiger partial charge in [-0.3, -0.25) is 19.3 Å². The van der Waals surface area contributed by atoms with Crippen molar-refractivity contribution in [3.63, 3.8) is 0 Å². The van der Waals surface area contributed by atoms with Crippen LogP contribution in [0.3, 0.4) is 0 Å². The van der Waals surface area contributed by atoms with Crippen LogP contribution in [0.4, 0.5) is 32.0 Å². The number of anilines is 1. The second kappa shape index (κ2) is 16.6. The van der Waals surface area contributed by atoms with Gasteiger partial charge in [-0.15, -0.1) is 0 Å². The van der Waals surface area contributed by atoms with E-state index in [-0.39, 0.29) is 55.1 Å². The number of aryl methyl sites for hydroxylation is 3. The second-order valence-corrected chi connectivity index (χ2v) is 14.7. The Balaban J connectivity index is 1.55. The third-order valence-corrected chi connectivity index (χ3v) is 10.0. The van der Waals surface area contributed by atoms with Crippen LogP contribution in [0.5, 0.6) is 0 Å². The Hall–Kier alpha value is -4.37. The largest absolute Gasteiger partial charge is 0.481 e. The summed E-state index contributed by atoms with van der Waals surface area (Å²) >= 11 is 0. The number of carboxylic acids is 1. The molecule has 3 heterocycles. The molecule has 2 fully saturated rings. The molecule has 0 radical (unpaired) electrons. The number of carbonyl (C=O) groups excluding carboxylic acids is 1. The molecular weight excluding hydrogens is 718 g/mol. The number of likely N-dealkylation sites (tertiary alicyclic amines) is 1. The van der Waals surface area contributed by atoms with Gasteiger partial charge in [-0.2, -0.15) is 13.2 Å². The number of aliphatic carboxylic acids is 1. The Morgan fingerprint density at radius 1 is 0.981 bits per heavy atom. The number of carboxylic acid groups (broad SMARTS) is 1. The van der Waals surface area contributed by atoms with E-state index in [1.807, 2.05) is 12.1 Å². The smallest absolute Gasteiger partial charge is 0.416 e. The monoisotopic (exact) mass is 764 g/mol. The molecule has 0 spiro atoms. The molecule has 294 valence electrons. The molecule has 0 saturated carbocycles. The summed E-state index contributed by atoms with van der Waals surface area (Å²) in [6, 6.07) is 2.27. The Labute approximate surface area is 309 Å². The van der Waals surface area contributed by atoms with Crippen molar-refractivity contribution in [1.82, 2.24) is 14.8 Å². The molecule has 2 aliphatic rings. The van der Waals surface area contributed by atoms with Gasteiger partial charge in [0.25, 0.3) is 5.56 Å². The van der Waals surface area contributed by atoms with E-state index < -0.39 is 71.0 Å². The second-order valence-electron chi connectivity index (χ2n) is 14.7. The minimum absolute atomic E-state index is 0.000630. The number of morpholine rings is 1. The maximum Gasteiger partial charge on any atom is 0.416 e. The minimum Gasteiger partial charge on any atom is -0.481 e. The van der Waals surface area contributed by atoms with Crippen LogP contribution in [-0.2, 0) is 26.9 Å². The standard InChI is InChI=1S/C39H46F6N4O5/c1-21(2)12-31(49-18-25(6-7-47-19-26(40)20-47)29(16-32(49)50)39(43,44)45)38(53)46-30(17-33(51)52)35-36(41)24(5)15-28(37(35)42)34-22(3)13-27(14-23(34)4)48-8-10-54-11-9-48/h13-16,18,21,26,30-31H,6-12,17,19-20H2,1-5H3,(H,46,53)(H,51,52)/t30-,31-/m0/s1. The number of halogens is 6. The maximum absolute atomic E-state index is 16.8. The van der Waals surface area contributed by atoms with Gasteiger partial charge in [0.15, 0.2) is 0 Å². The first kappa shape index (κ1) is 40.8. The lowest BCUT2D eigenvalue weighted by molar-refractivity contribution is -0.139. The molecule has 5 rings (SSSR count). The molecule has 15 heteroatoms. The van der Waals surface area contributed by atoms with Gasteiger partial charge in [-0.25, -0.2) is 13.2 Å². The third kappa shape index (κ3) is 9.11. The molecule has 0 bridgehead atoms. The zero-order chi connectivity index (χ0) is 39.6. The number of ether oxygens (including phenoxy) is 1. The molecule has 2 N–H and O–H groups in total. The highest BCUT2D eigenvalue weighted by Gasteiger charge is 2.37. The van der Waals surface area contributed by atoms with Crippen molar-refractivity contribution < 1.29 is 45.8 Å². The van der Waals surface area contributed by atoms with Crippen molar-refractivity contribution in [2.24, 2.45) is 5.92 Å². The van der Waals surface area contributed by atoms with Gasteiger partial charge in [0.1, 0.15) is 23.8 Å². The van der Waals surface area contributed by atoms with E-state index in [0.717, 1.165) is 16.5 Å². The summed E-state index contributed by atoms with van der Waals surface area (Å²) in [5.74, 6) is -4.94. The highest BCUT2D eigenvalue weighted by Crippen LogP contribution is 2.39. The number of hydrogen-bond donors (Lipinski definition) is 2. The van der Waals surface area contributed by atoms with Crippen molar-refractivity contribution in [2.45, 2.75) is 78.3 Å². The highest BCUT2D eigenvalue weighted by molar-refractivity contribution is 5.82. The first-order valence-electron chi connectivity index (χ1n) is 18.0. The average molecular weight is 765 g/mol. The average Bonchev–Trinajstić information content (AvgIpc) is 3.07. The van der Waals surface area contributed by atoms with E-state index in [1.165, 1.54) is 13.0 Å². The van der Waals surface area contributed by atoms with E-state index in [2.05, 4.69) is 10.2 Å². The van der Waals surface area contributed by atoms with Crippen LogP contribution in [-0.4, -0.2) is 78.6 Å². The Bertz CT molecular complexity index is 1910. The number of hydrogen-bond acceptors (Lipinski definition) is 6. The Morgan fingerprint density at radius 2 is 1.61 bits per heavy atom. The molecule has 2 atom stereocenters. The predicted molar refractivity (Wildman–Crippen MR) is 191 cm³/mol. The fraction of sp³-hybridized carbons (Fsp3) is 0.513. The summed E-state index contributed by atoms with van der Waals surface area (Å²) in [4.78, 5) is 43.3. The first-order chi connectivity index (χ1) is 25.3. The number of alkyl halides is 4. The quantitative estimate of drug-likeness (QED) is 0.187. The van der Waals surface area contributed by atoms with Crippen LogP contribution in [0.1, 0.15) is 72.2 Å². The normalized spacial score (nSPS) is 16.7. The number of nitrogens with one attached hydrogen (secondary N) is 1. The molecular formula is C39H46F6N4O5. The van der Waals surface area contributed by atoms with E-state index in [0.29, 0.717) is 49.1 Å². The van der Waals surface area contributed by atoms with Gasteiger partial charge in [-0.05, 0) is 85.5 Å². The fourth-order valence-electron chi connectivity index (χ4n) is 7.38.